The summed E-state index contributed by atoms with van der Waals surface area (Å²) in [6.07, 6.45) is 0.380. The minimum atomic E-state index is 0.0342. The lowest BCUT2D eigenvalue weighted by atomic mass is 10.1. The van der Waals surface area contributed by atoms with Crippen LogP contribution in [0.3, 0.4) is 0 Å². The first-order valence-electron chi connectivity index (χ1n) is 8.83. The highest BCUT2D eigenvalue weighted by atomic mass is 16.1. The number of carbonyl (C=O) groups is 1. The van der Waals surface area contributed by atoms with Crippen LogP contribution in [0.2, 0.25) is 0 Å². The molecule has 0 spiro atoms. The summed E-state index contributed by atoms with van der Waals surface area (Å²) in [5, 5.41) is 7.59. The second-order valence-electron chi connectivity index (χ2n) is 7.24. The monoisotopic (exact) mass is 342 g/mol. The van der Waals surface area contributed by atoms with Crippen LogP contribution >= 0.6 is 0 Å². The maximum atomic E-state index is 12.3. The van der Waals surface area contributed by atoms with Gasteiger partial charge in [0.15, 0.2) is 0 Å². The normalized spacial score (nSPS) is 11.0. The van der Waals surface area contributed by atoms with Crippen LogP contribution in [-0.2, 0) is 24.3 Å². The first-order valence-corrected chi connectivity index (χ1v) is 8.83. The first-order chi connectivity index (χ1) is 11.8. The van der Waals surface area contributed by atoms with Crippen molar-refractivity contribution >= 4 is 11.6 Å². The number of benzene rings is 1. The summed E-state index contributed by atoms with van der Waals surface area (Å²) in [6, 6.07) is 8.22. The maximum Gasteiger partial charge on any atom is 0.224 e. The fourth-order valence-corrected chi connectivity index (χ4v) is 2.85. The Kier molecular flexibility index (Phi) is 6.23. The predicted molar refractivity (Wildman–Crippen MR) is 103 cm³/mol. The zero-order valence-electron chi connectivity index (χ0n) is 16.3. The van der Waals surface area contributed by atoms with Crippen LogP contribution < -0.4 is 10.2 Å². The van der Waals surface area contributed by atoms with Crippen LogP contribution in [0, 0.1) is 19.8 Å². The minimum absolute atomic E-state index is 0.0342. The maximum absolute atomic E-state index is 12.3. The zero-order valence-corrected chi connectivity index (χ0v) is 16.3. The van der Waals surface area contributed by atoms with Crippen LogP contribution in [0.25, 0.3) is 0 Å². The second kappa shape index (κ2) is 8.19. The number of aryl methyl sites for hydroxylation is 1. The van der Waals surface area contributed by atoms with Crippen molar-refractivity contribution in [3.63, 3.8) is 0 Å². The summed E-state index contributed by atoms with van der Waals surface area (Å²) < 4.78 is 2.02. The van der Waals surface area contributed by atoms with Crippen LogP contribution in [-0.4, -0.2) is 29.8 Å². The van der Waals surface area contributed by atoms with Gasteiger partial charge in [0.05, 0.1) is 12.1 Å². The van der Waals surface area contributed by atoms with E-state index in [2.05, 4.69) is 41.3 Å². The van der Waals surface area contributed by atoms with Crippen molar-refractivity contribution < 1.29 is 4.79 Å². The van der Waals surface area contributed by atoms with E-state index in [0.29, 0.717) is 18.9 Å². The van der Waals surface area contributed by atoms with Crippen molar-refractivity contribution in [3.8, 4) is 0 Å². The topological polar surface area (TPSA) is 50.2 Å². The van der Waals surface area contributed by atoms with Crippen molar-refractivity contribution in [1.82, 2.24) is 15.1 Å². The van der Waals surface area contributed by atoms with Gasteiger partial charge in [0.1, 0.15) is 0 Å². The molecule has 2 aromatic rings. The van der Waals surface area contributed by atoms with Gasteiger partial charge in [0.2, 0.25) is 5.91 Å². The highest BCUT2D eigenvalue weighted by molar-refractivity contribution is 5.79. The second-order valence-corrected chi connectivity index (χ2v) is 7.24. The number of carbonyl (C=O) groups excluding carboxylic acids is 1. The van der Waals surface area contributed by atoms with Gasteiger partial charge in [-0.25, -0.2) is 0 Å². The molecule has 1 amide bonds. The molecule has 0 unspecified atom stereocenters. The summed E-state index contributed by atoms with van der Waals surface area (Å²) >= 11 is 0. The van der Waals surface area contributed by atoms with E-state index >= 15 is 0 Å². The average Bonchev–Trinajstić information content (AvgIpc) is 2.80. The molecule has 5 nitrogen and oxygen atoms in total. The van der Waals surface area contributed by atoms with E-state index in [1.807, 2.05) is 44.8 Å². The molecule has 136 valence electrons. The average molecular weight is 342 g/mol. The number of nitrogens with zero attached hydrogens (tertiary/aromatic N) is 3. The van der Waals surface area contributed by atoms with Crippen molar-refractivity contribution in [1.29, 1.82) is 0 Å². The summed E-state index contributed by atoms with van der Waals surface area (Å²) in [6.45, 7) is 9.80. The fraction of sp³-hybridized carbons (Fsp3) is 0.500. The summed E-state index contributed by atoms with van der Waals surface area (Å²) in [4.78, 5) is 14.4. The Morgan fingerprint density at radius 3 is 2.40 bits per heavy atom. The number of anilines is 1. The zero-order chi connectivity index (χ0) is 18.6. The third-order valence-corrected chi connectivity index (χ3v) is 4.35. The number of aromatic nitrogens is 2. The molecule has 1 aromatic carbocycles. The lowest BCUT2D eigenvalue weighted by molar-refractivity contribution is -0.120. The van der Waals surface area contributed by atoms with E-state index < -0.39 is 0 Å². The van der Waals surface area contributed by atoms with E-state index in [1.165, 1.54) is 0 Å². The van der Waals surface area contributed by atoms with Crippen molar-refractivity contribution in [2.24, 2.45) is 5.92 Å². The molecule has 0 aliphatic heterocycles. The Bertz CT molecular complexity index is 714. The van der Waals surface area contributed by atoms with E-state index in [4.69, 9.17) is 0 Å². The van der Waals surface area contributed by atoms with Crippen LogP contribution in [0.15, 0.2) is 24.3 Å². The molecule has 0 atom stereocenters. The van der Waals surface area contributed by atoms with E-state index in [1.54, 1.807) is 0 Å². The van der Waals surface area contributed by atoms with Gasteiger partial charge in [-0.2, -0.15) is 5.10 Å². The smallest absolute Gasteiger partial charge is 0.224 e. The SMILES string of the molecule is Cc1nn(CC(C)C)c(C)c1CC(=O)NCc1ccc(N(C)C)cc1. The molecule has 25 heavy (non-hydrogen) atoms. The van der Waals surface area contributed by atoms with E-state index in [-0.39, 0.29) is 5.91 Å². The number of hydrogen-bond donors (Lipinski definition) is 1. The van der Waals surface area contributed by atoms with Gasteiger partial charge in [0, 0.05) is 44.1 Å². The Morgan fingerprint density at radius 1 is 1.20 bits per heavy atom. The Balaban J connectivity index is 1.95. The molecule has 5 heteroatoms. The van der Waals surface area contributed by atoms with Crippen LogP contribution in [0.1, 0.15) is 36.4 Å². The van der Waals surface area contributed by atoms with Gasteiger partial charge < -0.3 is 10.2 Å². The van der Waals surface area contributed by atoms with Gasteiger partial charge in [-0.15, -0.1) is 0 Å². The minimum Gasteiger partial charge on any atom is -0.378 e. The molecule has 2 rings (SSSR count). The lowest BCUT2D eigenvalue weighted by Crippen LogP contribution is -2.25. The number of hydrogen-bond acceptors (Lipinski definition) is 3. The van der Waals surface area contributed by atoms with Gasteiger partial charge in [-0.05, 0) is 37.5 Å². The molecule has 1 heterocycles. The molecule has 0 bridgehead atoms. The number of nitrogens with one attached hydrogen (secondary N) is 1. The van der Waals surface area contributed by atoms with Crippen molar-refractivity contribution in [2.75, 3.05) is 19.0 Å². The van der Waals surface area contributed by atoms with Gasteiger partial charge in [-0.1, -0.05) is 26.0 Å². The molecule has 0 saturated heterocycles. The summed E-state index contributed by atoms with van der Waals surface area (Å²) in [5.41, 5.74) is 5.34. The highest BCUT2D eigenvalue weighted by Gasteiger charge is 2.15. The van der Waals surface area contributed by atoms with Gasteiger partial charge in [0.25, 0.3) is 0 Å². The summed E-state index contributed by atoms with van der Waals surface area (Å²) in [5.74, 6) is 0.566. The van der Waals surface area contributed by atoms with Gasteiger partial charge in [-0.3, -0.25) is 9.48 Å². The Morgan fingerprint density at radius 2 is 1.84 bits per heavy atom. The third-order valence-electron chi connectivity index (χ3n) is 4.35. The molecular weight excluding hydrogens is 312 g/mol. The molecular formula is C20H30N4O. The van der Waals surface area contributed by atoms with E-state index in [0.717, 1.165) is 34.7 Å². The van der Waals surface area contributed by atoms with Gasteiger partial charge >= 0.3 is 0 Å². The highest BCUT2D eigenvalue weighted by Crippen LogP contribution is 2.16. The Hall–Kier alpha value is -2.30. The fourth-order valence-electron chi connectivity index (χ4n) is 2.85. The van der Waals surface area contributed by atoms with E-state index in [9.17, 15) is 4.79 Å². The quantitative estimate of drug-likeness (QED) is 0.841. The molecule has 0 radical (unpaired) electrons. The summed E-state index contributed by atoms with van der Waals surface area (Å²) in [7, 11) is 4.03. The molecule has 0 aliphatic rings. The van der Waals surface area contributed by atoms with Crippen molar-refractivity contribution in [2.45, 2.75) is 47.2 Å². The first kappa shape index (κ1) is 19.0. The standard InChI is InChI=1S/C20H30N4O/c1-14(2)13-24-16(4)19(15(3)22-24)11-20(25)21-12-17-7-9-18(10-8-17)23(5)6/h7-10,14H,11-13H2,1-6H3,(H,21,25). The van der Waals surface area contributed by atoms with Crippen molar-refractivity contribution in [3.05, 3.63) is 46.8 Å². The van der Waals surface area contributed by atoms with Crippen LogP contribution in [0.4, 0.5) is 5.69 Å². The largest absolute Gasteiger partial charge is 0.378 e. The Labute approximate surface area is 151 Å². The molecule has 1 N–H and O–H groups in total. The predicted octanol–water partition coefficient (Wildman–Crippen LogP) is 3.08. The third kappa shape index (κ3) is 5.08. The molecule has 0 saturated carbocycles. The molecule has 0 aliphatic carbocycles. The lowest BCUT2D eigenvalue weighted by Gasteiger charge is -2.13. The number of amides is 1. The van der Waals surface area contributed by atoms with Crippen LogP contribution in [0.5, 0.6) is 0 Å². The number of rotatable bonds is 7. The molecule has 0 fully saturated rings. The molecule has 1 aromatic heterocycles.